The first kappa shape index (κ1) is 26.2. The van der Waals surface area contributed by atoms with Gasteiger partial charge < -0.3 is 5.73 Å². The molecule has 0 atom stereocenters. The average Bonchev–Trinajstić information content (AvgIpc) is 3.48. The van der Waals surface area contributed by atoms with Crippen molar-refractivity contribution < 1.29 is 0 Å². The summed E-state index contributed by atoms with van der Waals surface area (Å²) in [6.07, 6.45) is 4.08. The summed E-state index contributed by atoms with van der Waals surface area (Å²) in [5.74, 6) is 0. The predicted molar refractivity (Wildman–Crippen MR) is 194 cm³/mol. The minimum atomic E-state index is 0.727. The summed E-state index contributed by atoms with van der Waals surface area (Å²) < 4.78 is 2.61. The number of hydrogen-bond donors (Lipinski definition) is 1. The zero-order chi connectivity index (χ0) is 29.6. The Kier molecular flexibility index (Phi) is 6.36. The molecule has 0 saturated carbocycles. The molecule has 0 aliphatic rings. The maximum absolute atomic E-state index is 6.92. The molecule has 0 fully saturated rings. The van der Waals surface area contributed by atoms with Crippen LogP contribution in [-0.4, -0.2) is 0 Å². The van der Waals surface area contributed by atoms with Crippen molar-refractivity contribution in [2.24, 2.45) is 5.73 Å². The maximum atomic E-state index is 6.92. The second-order valence-corrected chi connectivity index (χ2v) is 12.2. The van der Waals surface area contributed by atoms with Gasteiger partial charge >= 0.3 is 0 Å². The molecule has 7 aromatic carbocycles. The first-order chi connectivity index (χ1) is 21.7. The number of thiophene rings is 1. The fourth-order valence-corrected chi connectivity index (χ4v) is 7.94. The second-order valence-electron chi connectivity index (χ2n) is 11.1. The van der Waals surface area contributed by atoms with E-state index in [1.54, 1.807) is 0 Å². The smallest absolute Gasteiger partial charge is 0.0434 e. The lowest BCUT2D eigenvalue weighted by molar-refractivity contribution is 1.53. The Morgan fingerprint density at radius 3 is 1.64 bits per heavy atom. The number of rotatable bonds is 5. The van der Waals surface area contributed by atoms with E-state index in [0.717, 1.165) is 28.0 Å². The highest BCUT2D eigenvalue weighted by Gasteiger charge is 2.15. The molecule has 1 heterocycles. The van der Waals surface area contributed by atoms with Gasteiger partial charge in [0.2, 0.25) is 0 Å². The summed E-state index contributed by atoms with van der Waals surface area (Å²) in [5.41, 5.74) is 15.7. The molecular weight excluding hydrogens is 551 g/mol. The Balaban J connectivity index is 1.28. The van der Waals surface area contributed by atoms with E-state index in [1.165, 1.54) is 58.4 Å². The molecule has 2 N–H and O–H groups in total. The number of hydrogen-bond acceptors (Lipinski definition) is 2. The van der Waals surface area contributed by atoms with Crippen molar-refractivity contribution in [1.82, 2.24) is 0 Å². The van der Waals surface area contributed by atoms with Gasteiger partial charge in [0.25, 0.3) is 0 Å². The molecule has 0 aliphatic heterocycles. The fraction of sp³-hybridized carbons (Fsp3) is 0. The molecule has 1 aromatic heterocycles. The van der Waals surface area contributed by atoms with Crippen LogP contribution in [0, 0.1) is 0 Å². The second kappa shape index (κ2) is 10.7. The van der Waals surface area contributed by atoms with Crippen LogP contribution in [0.15, 0.2) is 146 Å². The molecule has 2 heteroatoms. The van der Waals surface area contributed by atoms with Crippen molar-refractivity contribution in [3.8, 4) is 22.3 Å². The minimum Gasteiger partial charge on any atom is -0.398 e. The molecule has 0 bridgehead atoms. The van der Waals surface area contributed by atoms with Gasteiger partial charge in [-0.3, -0.25) is 0 Å². The van der Waals surface area contributed by atoms with Gasteiger partial charge in [0.05, 0.1) is 0 Å². The van der Waals surface area contributed by atoms with Gasteiger partial charge in [0.1, 0.15) is 0 Å². The van der Waals surface area contributed by atoms with Crippen LogP contribution in [0.4, 0.5) is 0 Å². The quantitative estimate of drug-likeness (QED) is 0.159. The summed E-state index contributed by atoms with van der Waals surface area (Å²) >= 11 is 1.87. The Labute approximate surface area is 260 Å². The molecule has 0 unspecified atom stereocenters. The highest BCUT2D eigenvalue weighted by Crippen LogP contribution is 2.44. The lowest BCUT2D eigenvalue weighted by Crippen LogP contribution is -1.98. The van der Waals surface area contributed by atoms with Crippen molar-refractivity contribution in [2.45, 2.75) is 0 Å². The van der Waals surface area contributed by atoms with Gasteiger partial charge in [-0.1, -0.05) is 146 Å². The third kappa shape index (κ3) is 4.23. The van der Waals surface area contributed by atoms with Crippen molar-refractivity contribution >= 4 is 70.9 Å². The molecule has 8 aromatic rings. The van der Waals surface area contributed by atoms with E-state index >= 15 is 0 Å². The van der Waals surface area contributed by atoms with Crippen molar-refractivity contribution in [3.05, 3.63) is 163 Å². The van der Waals surface area contributed by atoms with E-state index in [2.05, 4.69) is 152 Å². The van der Waals surface area contributed by atoms with E-state index in [0.29, 0.717) is 0 Å². The summed E-state index contributed by atoms with van der Waals surface area (Å²) in [4.78, 5) is 0. The molecule has 208 valence electrons. The zero-order valence-electron chi connectivity index (χ0n) is 24.1. The van der Waals surface area contributed by atoms with Crippen LogP contribution in [0.1, 0.15) is 16.7 Å². The van der Waals surface area contributed by atoms with E-state index in [4.69, 9.17) is 5.73 Å². The summed E-state index contributed by atoms with van der Waals surface area (Å²) in [5, 5.41) is 7.37. The number of nitrogens with two attached hydrogens (primary N) is 1. The monoisotopic (exact) mass is 579 g/mol. The molecule has 0 spiro atoms. The Bertz CT molecular complexity index is 2410. The molecule has 1 nitrogen and oxygen atoms in total. The SMILES string of the molecule is C=Cc1c(/C=C(\N)c2cccc(-c3cccc4c3sc3c(-c5ccccc5)cccc34)c2)c2ccccc2c2ccccc12. The van der Waals surface area contributed by atoms with Crippen LogP contribution in [-0.2, 0) is 0 Å². The molecular formula is C42H29NS. The van der Waals surface area contributed by atoms with Gasteiger partial charge in [-0.15, -0.1) is 11.3 Å². The standard InChI is InChI=1S/C42H29NS/c1-2-30-33-17-6-7-18-34(33)35-19-8-9-20-36(35)39(30)26-40(43)29-16-10-15-28(25-29)32-22-12-24-38-37-23-11-21-31(41(37)44-42(32)38)27-13-4-3-5-14-27/h2-26H,1,43H2/b40-26-. The first-order valence-corrected chi connectivity index (χ1v) is 15.7. The maximum Gasteiger partial charge on any atom is 0.0434 e. The summed E-state index contributed by atoms with van der Waals surface area (Å²) in [6.45, 7) is 4.19. The predicted octanol–water partition coefficient (Wildman–Crippen LogP) is 11.8. The van der Waals surface area contributed by atoms with E-state index < -0.39 is 0 Å². The van der Waals surface area contributed by atoms with Crippen molar-refractivity contribution in [3.63, 3.8) is 0 Å². The average molecular weight is 580 g/mol. The van der Waals surface area contributed by atoms with E-state index in [9.17, 15) is 0 Å². The van der Waals surface area contributed by atoms with Gasteiger partial charge in [0, 0.05) is 25.9 Å². The van der Waals surface area contributed by atoms with Gasteiger partial charge in [-0.2, -0.15) is 0 Å². The lowest BCUT2D eigenvalue weighted by Gasteiger charge is -2.14. The van der Waals surface area contributed by atoms with Crippen LogP contribution in [0.2, 0.25) is 0 Å². The van der Waals surface area contributed by atoms with E-state index in [1.807, 2.05) is 17.4 Å². The van der Waals surface area contributed by atoms with Crippen LogP contribution in [0.3, 0.4) is 0 Å². The molecule has 0 aliphatic carbocycles. The molecule has 0 radical (unpaired) electrons. The van der Waals surface area contributed by atoms with Gasteiger partial charge in [-0.25, -0.2) is 0 Å². The van der Waals surface area contributed by atoms with Crippen LogP contribution in [0.5, 0.6) is 0 Å². The fourth-order valence-electron chi connectivity index (χ4n) is 6.57. The third-order valence-corrected chi connectivity index (χ3v) is 9.92. The molecule has 44 heavy (non-hydrogen) atoms. The van der Waals surface area contributed by atoms with Crippen molar-refractivity contribution in [1.29, 1.82) is 0 Å². The molecule has 8 rings (SSSR count). The van der Waals surface area contributed by atoms with Crippen LogP contribution >= 0.6 is 11.3 Å². The Hall–Kier alpha value is -5.44. The normalized spacial score (nSPS) is 12.0. The Morgan fingerprint density at radius 2 is 1.00 bits per heavy atom. The summed E-state index contributed by atoms with van der Waals surface area (Å²) in [7, 11) is 0. The van der Waals surface area contributed by atoms with Crippen LogP contribution in [0.25, 0.3) is 81.8 Å². The minimum absolute atomic E-state index is 0.727. The summed E-state index contributed by atoms with van der Waals surface area (Å²) in [6, 6.07) is 49.6. The first-order valence-electron chi connectivity index (χ1n) is 14.8. The third-order valence-electron chi connectivity index (χ3n) is 8.63. The highest BCUT2D eigenvalue weighted by atomic mass is 32.1. The van der Waals surface area contributed by atoms with Gasteiger partial charge in [0.15, 0.2) is 0 Å². The zero-order valence-corrected chi connectivity index (χ0v) is 24.9. The topological polar surface area (TPSA) is 26.0 Å². The lowest BCUT2D eigenvalue weighted by atomic mass is 9.90. The van der Waals surface area contributed by atoms with Crippen molar-refractivity contribution in [2.75, 3.05) is 0 Å². The number of benzene rings is 7. The highest BCUT2D eigenvalue weighted by molar-refractivity contribution is 7.26. The van der Waals surface area contributed by atoms with Crippen LogP contribution < -0.4 is 5.73 Å². The largest absolute Gasteiger partial charge is 0.398 e. The van der Waals surface area contributed by atoms with E-state index in [-0.39, 0.29) is 0 Å². The Morgan fingerprint density at radius 1 is 0.500 bits per heavy atom. The molecule has 0 amide bonds. The number of fused-ring (bicyclic) bond motifs is 6. The molecule has 0 saturated heterocycles. The van der Waals surface area contributed by atoms with Gasteiger partial charge in [-0.05, 0) is 72.6 Å².